The molecule has 0 aliphatic heterocycles. The van der Waals surface area contributed by atoms with Crippen molar-refractivity contribution >= 4 is 11.8 Å². The number of H-pyrrole nitrogens is 1. The minimum atomic E-state index is -0.652. The molecule has 3 rings (SSSR count). The van der Waals surface area contributed by atoms with Crippen LogP contribution >= 0.6 is 0 Å². The normalized spacial score (nSPS) is 26.6. The summed E-state index contributed by atoms with van der Waals surface area (Å²) in [6.07, 6.45) is 9.00. The highest BCUT2D eigenvalue weighted by Gasteiger charge is 2.34. The first-order valence-electron chi connectivity index (χ1n) is 8.94. The quantitative estimate of drug-likeness (QED) is 0.584. The van der Waals surface area contributed by atoms with E-state index in [1.807, 2.05) is 0 Å². The molecule has 1 heterocycles. The predicted molar refractivity (Wildman–Crippen MR) is 90.5 cm³/mol. The van der Waals surface area contributed by atoms with Crippen molar-refractivity contribution in [2.75, 3.05) is 6.54 Å². The highest BCUT2D eigenvalue weighted by molar-refractivity contribution is 5.92. The lowest BCUT2D eigenvalue weighted by Gasteiger charge is -2.33. The second kappa shape index (κ2) is 8.24. The maximum absolute atomic E-state index is 12.4. The number of allylic oxidation sites excluding steroid dienone is 1. The maximum Gasteiger partial charge on any atom is 0.273 e. The van der Waals surface area contributed by atoms with Crippen molar-refractivity contribution in [1.82, 2.24) is 26.0 Å². The number of nitrogens with zero attached hydrogens (tertiary/aromatic N) is 2. The molecule has 1 saturated carbocycles. The Hall–Kier alpha value is -2.22. The fraction of sp³-hybridized carbons (Fsp3) is 0.647. The Morgan fingerprint density at radius 3 is 2.92 bits per heavy atom. The highest BCUT2D eigenvalue weighted by atomic mass is 16.3. The summed E-state index contributed by atoms with van der Waals surface area (Å²) in [4.78, 5) is 24.5. The van der Waals surface area contributed by atoms with Gasteiger partial charge in [0, 0.05) is 12.5 Å². The van der Waals surface area contributed by atoms with Gasteiger partial charge in [0.15, 0.2) is 5.69 Å². The Bertz CT molecular complexity index is 628. The van der Waals surface area contributed by atoms with Crippen molar-refractivity contribution in [3.8, 4) is 0 Å². The van der Waals surface area contributed by atoms with Crippen molar-refractivity contribution in [2.45, 2.75) is 57.1 Å². The van der Waals surface area contributed by atoms with Crippen LogP contribution in [-0.4, -0.2) is 51.0 Å². The zero-order chi connectivity index (χ0) is 17.6. The number of aromatic amines is 1. The number of hydrogen-bond acceptors (Lipinski definition) is 5. The van der Waals surface area contributed by atoms with Gasteiger partial charge in [0.25, 0.3) is 5.91 Å². The third-order valence-corrected chi connectivity index (χ3v) is 5.02. The van der Waals surface area contributed by atoms with E-state index in [2.05, 4.69) is 32.1 Å². The van der Waals surface area contributed by atoms with E-state index in [0.29, 0.717) is 25.8 Å². The molecule has 2 aliphatic carbocycles. The SMILES string of the molecule is O=C(N[C@@H]1C[C@@H](C(=O)NCC2=CCCCC2)CC[C@H]1O)c1cn[nH]n1. The summed E-state index contributed by atoms with van der Waals surface area (Å²) in [6.45, 7) is 0.605. The fourth-order valence-corrected chi connectivity index (χ4v) is 3.51. The van der Waals surface area contributed by atoms with Gasteiger partial charge in [-0.15, -0.1) is 0 Å². The Kier molecular flexibility index (Phi) is 5.80. The van der Waals surface area contributed by atoms with E-state index in [0.717, 1.165) is 12.8 Å². The molecular formula is C17H25N5O3. The van der Waals surface area contributed by atoms with E-state index < -0.39 is 18.1 Å². The standard InChI is InChI=1S/C17H25N5O3/c23-15-7-6-12(16(24)18-9-11-4-2-1-3-5-11)8-13(15)20-17(25)14-10-19-22-21-14/h4,10,12-13,15,23H,1-3,5-9H2,(H,18,24)(H,20,25)(H,19,21,22)/t12-,13+,15+/m0/s1. The van der Waals surface area contributed by atoms with Crippen LogP contribution in [0.3, 0.4) is 0 Å². The maximum atomic E-state index is 12.4. The number of carbonyl (C=O) groups is 2. The van der Waals surface area contributed by atoms with E-state index in [9.17, 15) is 14.7 Å². The van der Waals surface area contributed by atoms with E-state index >= 15 is 0 Å². The number of nitrogens with one attached hydrogen (secondary N) is 3. The van der Waals surface area contributed by atoms with Crippen molar-refractivity contribution in [3.63, 3.8) is 0 Å². The van der Waals surface area contributed by atoms with Gasteiger partial charge in [-0.25, -0.2) is 0 Å². The second-order valence-electron chi connectivity index (χ2n) is 6.84. The number of aliphatic hydroxyl groups excluding tert-OH is 1. The molecule has 0 unspecified atom stereocenters. The third kappa shape index (κ3) is 4.66. The predicted octanol–water partition coefficient (Wildman–Crippen LogP) is 0.681. The molecule has 4 N–H and O–H groups in total. The monoisotopic (exact) mass is 347 g/mol. The molecule has 1 aromatic heterocycles. The molecular weight excluding hydrogens is 322 g/mol. The van der Waals surface area contributed by atoms with Crippen molar-refractivity contribution in [3.05, 3.63) is 23.5 Å². The molecule has 0 spiro atoms. The largest absolute Gasteiger partial charge is 0.391 e. The highest BCUT2D eigenvalue weighted by Crippen LogP contribution is 2.25. The summed E-state index contributed by atoms with van der Waals surface area (Å²) in [7, 11) is 0. The Balaban J connectivity index is 1.51. The number of aromatic nitrogens is 3. The average Bonchev–Trinajstić information content (AvgIpc) is 3.17. The van der Waals surface area contributed by atoms with Crippen molar-refractivity contribution < 1.29 is 14.7 Å². The summed E-state index contributed by atoms with van der Waals surface area (Å²) in [5.74, 6) is -0.597. The van der Waals surface area contributed by atoms with Crippen LogP contribution in [0.25, 0.3) is 0 Å². The molecule has 25 heavy (non-hydrogen) atoms. The molecule has 1 fully saturated rings. The van der Waals surface area contributed by atoms with Gasteiger partial charge in [-0.2, -0.15) is 15.4 Å². The van der Waals surface area contributed by atoms with Crippen molar-refractivity contribution in [1.29, 1.82) is 0 Å². The molecule has 136 valence electrons. The van der Waals surface area contributed by atoms with Crippen molar-refractivity contribution in [2.24, 2.45) is 5.92 Å². The number of carbonyl (C=O) groups excluding carboxylic acids is 2. The molecule has 3 atom stereocenters. The summed E-state index contributed by atoms with van der Waals surface area (Å²) in [6, 6.07) is -0.456. The van der Waals surface area contributed by atoms with E-state index in [4.69, 9.17) is 0 Å². The molecule has 8 nitrogen and oxygen atoms in total. The Labute approximate surface area is 146 Å². The molecule has 8 heteroatoms. The number of hydrogen-bond donors (Lipinski definition) is 4. The molecule has 0 saturated heterocycles. The minimum Gasteiger partial charge on any atom is -0.391 e. The minimum absolute atomic E-state index is 0.000872. The van der Waals surface area contributed by atoms with Crippen LogP contribution in [0.15, 0.2) is 17.8 Å². The van der Waals surface area contributed by atoms with Gasteiger partial charge < -0.3 is 15.7 Å². The lowest BCUT2D eigenvalue weighted by molar-refractivity contribution is -0.126. The summed E-state index contributed by atoms with van der Waals surface area (Å²) in [5.41, 5.74) is 1.47. The topological polar surface area (TPSA) is 120 Å². The zero-order valence-corrected chi connectivity index (χ0v) is 14.2. The van der Waals surface area contributed by atoms with Gasteiger partial charge in [-0.05, 0) is 44.9 Å². The van der Waals surface area contributed by atoms with Crippen LogP contribution in [0.5, 0.6) is 0 Å². The van der Waals surface area contributed by atoms with Crippen LogP contribution in [-0.2, 0) is 4.79 Å². The first-order valence-corrected chi connectivity index (χ1v) is 8.94. The van der Waals surface area contributed by atoms with E-state index in [1.54, 1.807) is 0 Å². The van der Waals surface area contributed by atoms with Crippen LogP contribution in [0.2, 0.25) is 0 Å². The van der Waals surface area contributed by atoms with E-state index in [-0.39, 0.29) is 17.5 Å². The third-order valence-electron chi connectivity index (χ3n) is 5.02. The van der Waals surface area contributed by atoms with E-state index in [1.165, 1.54) is 24.6 Å². The Morgan fingerprint density at radius 2 is 2.20 bits per heavy atom. The van der Waals surface area contributed by atoms with Gasteiger partial charge in [0.1, 0.15) is 0 Å². The molecule has 2 amide bonds. The van der Waals surface area contributed by atoms with Gasteiger partial charge in [-0.3, -0.25) is 9.59 Å². The Morgan fingerprint density at radius 1 is 1.32 bits per heavy atom. The number of aliphatic hydroxyl groups is 1. The van der Waals surface area contributed by atoms with Crippen LogP contribution < -0.4 is 10.6 Å². The number of rotatable bonds is 5. The van der Waals surface area contributed by atoms with Gasteiger partial charge in [0.2, 0.25) is 5.91 Å². The van der Waals surface area contributed by atoms with Crippen LogP contribution in [0.4, 0.5) is 0 Å². The smallest absolute Gasteiger partial charge is 0.273 e. The molecule has 0 radical (unpaired) electrons. The zero-order valence-electron chi connectivity index (χ0n) is 14.2. The van der Waals surface area contributed by atoms with Crippen LogP contribution in [0, 0.1) is 5.92 Å². The number of amides is 2. The fourth-order valence-electron chi connectivity index (χ4n) is 3.51. The van der Waals surface area contributed by atoms with Gasteiger partial charge in [0.05, 0.1) is 18.3 Å². The molecule has 1 aromatic rings. The lowest BCUT2D eigenvalue weighted by Crippen LogP contribution is -2.49. The molecule has 0 bridgehead atoms. The molecule has 2 aliphatic rings. The first kappa shape index (κ1) is 17.6. The van der Waals surface area contributed by atoms with Crippen LogP contribution in [0.1, 0.15) is 55.4 Å². The van der Waals surface area contributed by atoms with Gasteiger partial charge in [-0.1, -0.05) is 11.6 Å². The summed E-state index contributed by atoms with van der Waals surface area (Å²) < 4.78 is 0. The first-order chi connectivity index (χ1) is 12.1. The van der Waals surface area contributed by atoms with Gasteiger partial charge >= 0.3 is 0 Å². The second-order valence-corrected chi connectivity index (χ2v) is 6.84. The summed E-state index contributed by atoms with van der Waals surface area (Å²) >= 11 is 0. The summed E-state index contributed by atoms with van der Waals surface area (Å²) in [5, 5.41) is 25.6. The lowest BCUT2D eigenvalue weighted by atomic mass is 9.83. The molecule has 0 aromatic carbocycles. The average molecular weight is 347 g/mol.